The molecule has 0 atom stereocenters. The highest BCUT2D eigenvalue weighted by molar-refractivity contribution is 5.84. The van der Waals surface area contributed by atoms with Gasteiger partial charge in [0.1, 0.15) is 0 Å². The van der Waals surface area contributed by atoms with Gasteiger partial charge in [-0.25, -0.2) is 4.99 Å². The molecule has 0 bridgehead atoms. The first-order valence-corrected chi connectivity index (χ1v) is 5.68. The number of amidine groups is 1. The summed E-state index contributed by atoms with van der Waals surface area (Å²) in [4.78, 5) is 4.22. The standard InChI is InChI=1S/C11H14N2.C3H8/c1-3-11(13-9(2)12)10-7-5-4-6-8-10;1-3-2/h3-8H,1-2H3,(H2,12,13);3H2,1-2H3/b11-3-;. The van der Waals surface area contributed by atoms with Gasteiger partial charge in [-0.15, -0.1) is 0 Å². The molecule has 0 aliphatic rings. The van der Waals surface area contributed by atoms with Crippen LogP contribution in [0.25, 0.3) is 5.70 Å². The summed E-state index contributed by atoms with van der Waals surface area (Å²) in [6.07, 6.45) is 3.20. The van der Waals surface area contributed by atoms with E-state index >= 15 is 0 Å². The number of nitrogens with two attached hydrogens (primary N) is 1. The molecule has 2 heteroatoms. The third-order valence-electron chi connectivity index (χ3n) is 1.64. The first-order chi connectivity index (χ1) is 7.65. The Bertz CT molecular complexity index is 333. The van der Waals surface area contributed by atoms with E-state index in [1.165, 1.54) is 6.42 Å². The zero-order valence-corrected chi connectivity index (χ0v) is 10.7. The lowest BCUT2D eigenvalue weighted by Crippen LogP contribution is -2.05. The average molecular weight is 218 g/mol. The van der Waals surface area contributed by atoms with Crippen LogP contribution in [0.1, 0.15) is 39.7 Å². The Kier molecular flexibility index (Phi) is 7.86. The normalized spacial score (nSPS) is 11.8. The summed E-state index contributed by atoms with van der Waals surface area (Å²) in [5.74, 6) is 0.581. The molecule has 0 aliphatic carbocycles. The van der Waals surface area contributed by atoms with Crippen LogP contribution >= 0.6 is 0 Å². The summed E-state index contributed by atoms with van der Waals surface area (Å²) in [6, 6.07) is 9.99. The minimum Gasteiger partial charge on any atom is -0.387 e. The molecular formula is C14H22N2. The Morgan fingerprint density at radius 3 is 2.12 bits per heavy atom. The second kappa shape index (κ2) is 8.72. The van der Waals surface area contributed by atoms with Crippen LogP contribution in [0.3, 0.4) is 0 Å². The molecule has 0 unspecified atom stereocenters. The van der Waals surface area contributed by atoms with Crippen LogP contribution in [0, 0.1) is 0 Å². The number of hydrogen-bond donors (Lipinski definition) is 1. The number of allylic oxidation sites excluding steroid dienone is 1. The first-order valence-electron chi connectivity index (χ1n) is 5.68. The van der Waals surface area contributed by atoms with E-state index in [9.17, 15) is 0 Å². The molecular weight excluding hydrogens is 196 g/mol. The summed E-state index contributed by atoms with van der Waals surface area (Å²) >= 11 is 0. The Morgan fingerprint density at radius 2 is 1.75 bits per heavy atom. The minimum atomic E-state index is 0.581. The lowest BCUT2D eigenvalue weighted by Gasteiger charge is -2.01. The van der Waals surface area contributed by atoms with Crippen LogP contribution < -0.4 is 5.73 Å². The Hall–Kier alpha value is -1.57. The largest absolute Gasteiger partial charge is 0.387 e. The average Bonchev–Trinajstić information content (AvgIpc) is 2.28. The van der Waals surface area contributed by atoms with E-state index in [1.807, 2.05) is 43.3 Å². The molecule has 0 heterocycles. The van der Waals surface area contributed by atoms with Crippen molar-refractivity contribution < 1.29 is 0 Å². The molecule has 0 amide bonds. The Balaban J connectivity index is 0.000000673. The molecule has 0 saturated heterocycles. The van der Waals surface area contributed by atoms with Crippen molar-refractivity contribution in [1.29, 1.82) is 0 Å². The van der Waals surface area contributed by atoms with Crippen molar-refractivity contribution in [1.82, 2.24) is 0 Å². The SMILES string of the molecule is C/C=C(\N=C(C)N)c1ccccc1.CCC. The van der Waals surface area contributed by atoms with E-state index in [2.05, 4.69) is 18.8 Å². The first kappa shape index (κ1) is 14.4. The summed E-state index contributed by atoms with van der Waals surface area (Å²) < 4.78 is 0. The molecule has 0 radical (unpaired) electrons. The third kappa shape index (κ3) is 6.02. The van der Waals surface area contributed by atoms with Gasteiger partial charge in [-0.2, -0.15) is 0 Å². The lowest BCUT2D eigenvalue weighted by molar-refractivity contribution is 1.09. The number of aliphatic imine (C=N–C) groups is 1. The number of rotatable bonds is 2. The summed E-state index contributed by atoms with van der Waals surface area (Å²) in [5, 5.41) is 0. The Labute approximate surface area is 98.9 Å². The van der Waals surface area contributed by atoms with Gasteiger partial charge in [-0.05, 0) is 19.4 Å². The van der Waals surface area contributed by atoms with Gasteiger partial charge < -0.3 is 5.73 Å². The van der Waals surface area contributed by atoms with Gasteiger partial charge in [0.25, 0.3) is 0 Å². The van der Waals surface area contributed by atoms with E-state index in [0.29, 0.717) is 5.84 Å². The summed E-state index contributed by atoms with van der Waals surface area (Å²) in [6.45, 7) is 7.99. The van der Waals surface area contributed by atoms with Crippen LogP contribution in [0.2, 0.25) is 0 Å². The molecule has 0 spiro atoms. The van der Waals surface area contributed by atoms with Gasteiger partial charge in [0.15, 0.2) is 0 Å². The molecule has 0 saturated carbocycles. The number of hydrogen-bond acceptors (Lipinski definition) is 1. The fraction of sp³-hybridized carbons (Fsp3) is 0.357. The highest BCUT2D eigenvalue weighted by Crippen LogP contribution is 2.14. The molecule has 0 aromatic heterocycles. The minimum absolute atomic E-state index is 0.581. The predicted molar refractivity (Wildman–Crippen MR) is 73.4 cm³/mol. The zero-order chi connectivity index (χ0) is 12.4. The van der Waals surface area contributed by atoms with Crippen molar-refractivity contribution >= 4 is 11.5 Å². The molecule has 1 aromatic rings. The Morgan fingerprint density at radius 1 is 1.25 bits per heavy atom. The highest BCUT2D eigenvalue weighted by atomic mass is 14.9. The maximum atomic E-state index is 5.52. The van der Waals surface area contributed by atoms with Crippen LogP contribution in [0.5, 0.6) is 0 Å². The highest BCUT2D eigenvalue weighted by Gasteiger charge is 1.96. The fourth-order valence-corrected chi connectivity index (χ4v) is 1.09. The predicted octanol–water partition coefficient (Wildman–Crippen LogP) is 3.84. The second-order valence-corrected chi connectivity index (χ2v) is 3.50. The van der Waals surface area contributed by atoms with E-state index in [1.54, 1.807) is 6.92 Å². The fourth-order valence-electron chi connectivity index (χ4n) is 1.09. The zero-order valence-electron chi connectivity index (χ0n) is 10.7. The van der Waals surface area contributed by atoms with Gasteiger partial charge in [0.2, 0.25) is 0 Å². The van der Waals surface area contributed by atoms with Crippen molar-refractivity contribution in [3.8, 4) is 0 Å². The van der Waals surface area contributed by atoms with Gasteiger partial charge in [0.05, 0.1) is 11.5 Å². The third-order valence-corrected chi connectivity index (χ3v) is 1.64. The maximum Gasteiger partial charge on any atom is 0.0965 e. The van der Waals surface area contributed by atoms with Gasteiger partial charge >= 0.3 is 0 Å². The number of nitrogens with zero attached hydrogens (tertiary/aromatic N) is 1. The molecule has 0 fully saturated rings. The van der Waals surface area contributed by atoms with Crippen LogP contribution in [-0.2, 0) is 0 Å². The van der Waals surface area contributed by atoms with Crippen molar-refractivity contribution in [2.75, 3.05) is 0 Å². The topological polar surface area (TPSA) is 38.4 Å². The molecule has 2 N–H and O–H groups in total. The number of benzene rings is 1. The van der Waals surface area contributed by atoms with E-state index < -0.39 is 0 Å². The molecule has 88 valence electrons. The molecule has 0 aliphatic heterocycles. The van der Waals surface area contributed by atoms with Crippen LogP contribution in [0.15, 0.2) is 41.4 Å². The van der Waals surface area contributed by atoms with E-state index in [4.69, 9.17) is 5.73 Å². The van der Waals surface area contributed by atoms with E-state index in [0.717, 1.165) is 11.3 Å². The van der Waals surface area contributed by atoms with Gasteiger partial charge in [-0.1, -0.05) is 56.7 Å². The second-order valence-electron chi connectivity index (χ2n) is 3.50. The molecule has 1 aromatic carbocycles. The van der Waals surface area contributed by atoms with E-state index in [-0.39, 0.29) is 0 Å². The smallest absolute Gasteiger partial charge is 0.0965 e. The van der Waals surface area contributed by atoms with Crippen molar-refractivity contribution in [3.05, 3.63) is 42.0 Å². The van der Waals surface area contributed by atoms with Gasteiger partial charge in [0, 0.05) is 0 Å². The summed E-state index contributed by atoms with van der Waals surface area (Å²) in [7, 11) is 0. The quantitative estimate of drug-likeness (QED) is 0.594. The van der Waals surface area contributed by atoms with Crippen LogP contribution in [0.4, 0.5) is 0 Å². The lowest BCUT2D eigenvalue weighted by atomic mass is 10.1. The summed E-state index contributed by atoms with van der Waals surface area (Å²) in [5.41, 5.74) is 7.53. The maximum absolute atomic E-state index is 5.52. The molecule has 2 nitrogen and oxygen atoms in total. The van der Waals surface area contributed by atoms with Crippen molar-refractivity contribution in [2.24, 2.45) is 10.7 Å². The van der Waals surface area contributed by atoms with Crippen LogP contribution in [-0.4, -0.2) is 5.84 Å². The van der Waals surface area contributed by atoms with Crippen molar-refractivity contribution in [3.63, 3.8) is 0 Å². The van der Waals surface area contributed by atoms with Crippen molar-refractivity contribution in [2.45, 2.75) is 34.1 Å². The van der Waals surface area contributed by atoms with Gasteiger partial charge in [-0.3, -0.25) is 0 Å². The molecule has 1 rings (SSSR count). The monoisotopic (exact) mass is 218 g/mol. The molecule has 16 heavy (non-hydrogen) atoms.